The first-order valence-electron chi connectivity index (χ1n) is 11.4. The van der Waals surface area contributed by atoms with E-state index in [0.29, 0.717) is 5.57 Å². The van der Waals surface area contributed by atoms with Gasteiger partial charge in [0.1, 0.15) is 16.1 Å². The van der Waals surface area contributed by atoms with Gasteiger partial charge in [-0.3, -0.25) is 4.90 Å². The second kappa shape index (κ2) is 8.65. The van der Waals surface area contributed by atoms with Crippen molar-refractivity contribution < 1.29 is 0 Å². The third-order valence-corrected chi connectivity index (χ3v) is 9.39. The number of hydrogen-bond acceptors (Lipinski definition) is 6. The van der Waals surface area contributed by atoms with Crippen LogP contribution in [0, 0.1) is 11.3 Å². The van der Waals surface area contributed by atoms with E-state index in [0.717, 1.165) is 35.9 Å². The fraction of sp³-hybridized carbons (Fsp3) is 0. The van der Waals surface area contributed by atoms with Gasteiger partial charge in [-0.05, 0) is 53.9 Å². The number of thiophene rings is 1. The third-order valence-electron chi connectivity index (χ3n) is 6.19. The van der Waals surface area contributed by atoms with Gasteiger partial charge < -0.3 is 0 Å². The van der Waals surface area contributed by atoms with Crippen molar-refractivity contribution in [3.63, 3.8) is 0 Å². The molecule has 0 radical (unpaired) electrons. The first kappa shape index (κ1) is 21.4. The average Bonchev–Trinajstić information content (AvgIpc) is 3.57. The second-order valence-corrected chi connectivity index (χ2v) is 11.6. The van der Waals surface area contributed by atoms with E-state index in [1.54, 1.807) is 34.4 Å². The molecule has 0 atom stereocenters. The van der Waals surface area contributed by atoms with Crippen LogP contribution in [0.4, 0.5) is 16.4 Å². The Hall–Kier alpha value is -3.89. The minimum absolute atomic E-state index is 0.587. The van der Waals surface area contributed by atoms with Crippen LogP contribution in [0.5, 0.6) is 0 Å². The minimum Gasteiger partial charge on any atom is -0.300 e. The van der Waals surface area contributed by atoms with Gasteiger partial charge in [-0.1, -0.05) is 66.4 Å². The Morgan fingerprint density at radius 1 is 0.778 bits per heavy atom. The summed E-state index contributed by atoms with van der Waals surface area (Å²) >= 11 is 5.05. The molecule has 0 N–H and O–H groups in total. The molecule has 0 unspecified atom stereocenters. The molecule has 0 saturated heterocycles. The van der Waals surface area contributed by atoms with Crippen LogP contribution in [0.3, 0.4) is 0 Å². The molecule has 36 heavy (non-hydrogen) atoms. The molecule has 0 spiro atoms. The number of hydrogen-bond donors (Lipinski definition) is 0. The predicted octanol–water partition coefficient (Wildman–Crippen LogP) is 9.51. The largest absolute Gasteiger partial charge is 0.300 e. The Labute approximate surface area is 220 Å². The first-order chi connectivity index (χ1) is 17.8. The summed E-state index contributed by atoms with van der Waals surface area (Å²) in [5.74, 6) is 0. The topological polar surface area (TPSA) is 39.9 Å². The maximum Gasteiger partial charge on any atom is 0.135 e. The van der Waals surface area contributed by atoms with E-state index in [9.17, 15) is 5.26 Å². The molecule has 6 aromatic rings. The monoisotopic (exact) mass is 515 g/mol. The maximum atomic E-state index is 10.0. The van der Waals surface area contributed by atoms with Gasteiger partial charge in [-0.15, -0.1) is 22.7 Å². The number of aromatic nitrogens is 1. The number of fused-ring (bicyclic) bond motifs is 5. The van der Waals surface area contributed by atoms with Crippen LogP contribution in [-0.4, -0.2) is 4.98 Å². The fourth-order valence-electron chi connectivity index (χ4n) is 4.54. The molecular formula is C30H17N3S3. The van der Waals surface area contributed by atoms with Gasteiger partial charge in [0.05, 0.1) is 27.2 Å². The highest BCUT2D eigenvalue weighted by atomic mass is 32.2. The summed E-state index contributed by atoms with van der Waals surface area (Å²) in [5.41, 5.74) is 3.90. The van der Waals surface area contributed by atoms with Crippen LogP contribution in [0.2, 0.25) is 0 Å². The highest BCUT2D eigenvalue weighted by molar-refractivity contribution is 7.99. The predicted molar refractivity (Wildman–Crippen MR) is 154 cm³/mol. The zero-order chi connectivity index (χ0) is 24.1. The van der Waals surface area contributed by atoms with E-state index in [-0.39, 0.29) is 0 Å². The lowest BCUT2D eigenvalue weighted by molar-refractivity contribution is 1.18. The molecule has 170 valence electrons. The Kier molecular flexibility index (Phi) is 5.14. The number of anilines is 3. The quantitative estimate of drug-likeness (QED) is 0.220. The van der Waals surface area contributed by atoms with Gasteiger partial charge in [0.25, 0.3) is 0 Å². The Balaban J connectivity index is 1.30. The van der Waals surface area contributed by atoms with Crippen LogP contribution >= 0.6 is 34.4 Å². The number of thiazole rings is 1. The van der Waals surface area contributed by atoms with Crippen molar-refractivity contribution in [2.75, 3.05) is 4.90 Å². The molecule has 1 aliphatic heterocycles. The standard InChI is InChI=1S/C30H17N3S3/c31-18-20(30-32-29-22-8-2-1-7-19(22)13-15-27(29)36-30)17-21-14-16-28(34-21)33-23-9-3-5-11-25(23)35-26-12-6-4-10-24(26)33/h1-17H/b20-17+. The lowest BCUT2D eigenvalue weighted by Gasteiger charge is -2.31. The van der Waals surface area contributed by atoms with Crippen LogP contribution < -0.4 is 4.90 Å². The molecule has 7 rings (SSSR count). The number of nitrogens with zero attached hydrogens (tertiary/aromatic N) is 3. The molecule has 0 saturated carbocycles. The summed E-state index contributed by atoms with van der Waals surface area (Å²) in [5, 5.41) is 14.2. The molecule has 6 heteroatoms. The summed E-state index contributed by atoms with van der Waals surface area (Å²) in [4.78, 5) is 10.7. The minimum atomic E-state index is 0.587. The molecule has 0 aliphatic carbocycles. The van der Waals surface area contributed by atoms with Crippen molar-refractivity contribution in [3.05, 3.63) is 107 Å². The summed E-state index contributed by atoms with van der Waals surface area (Å²) in [6.45, 7) is 0. The Morgan fingerprint density at radius 2 is 1.50 bits per heavy atom. The van der Waals surface area contributed by atoms with Crippen molar-refractivity contribution in [1.82, 2.24) is 4.98 Å². The van der Waals surface area contributed by atoms with Crippen LogP contribution in [-0.2, 0) is 0 Å². The fourth-order valence-corrected chi connectivity index (χ4v) is 7.53. The second-order valence-electron chi connectivity index (χ2n) is 8.37. The van der Waals surface area contributed by atoms with Crippen molar-refractivity contribution in [3.8, 4) is 6.07 Å². The van der Waals surface area contributed by atoms with Gasteiger partial charge in [0.15, 0.2) is 0 Å². The Bertz CT molecular complexity index is 1810. The van der Waals surface area contributed by atoms with E-state index >= 15 is 0 Å². The van der Waals surface area contributed by atoms with Gasteiger partial charge >= 0.3 is 0 Å². The van der Waals surface area contributed by atoms with Crippen molar-refractivity contribution >= 4 is 83.4 Å². The number of benzene rings is 4. The van der Waals surface area contributed by atoms with Gasteiger partial charge in [-0.25, -0.2) is 4.98 Å². The zero-order valence-corrected chi connectivity index (χ0v) is 21.3. The smallest absolute Gasteiger partial charge is 0.135 e. The van der Waals surface area contributed by atoms with Crippen molar-refractivity contribution in [2.45, 2.75) is 9.79 Å². The normalized spacial score (nSPS) is 13.0. The van der Waals surface area contributed by atoms with E-state index < -0.39 is 0 Å². The van der Waals surface area contributed by atoms with E-state index in [1.807, 2.05) is 18.2 Å². The molecule has 0 fully saturated rings. The van der Waals surface area contributed by atoms with Crippen molar-refractivity contribution in [2.24, 2.45) is 0 Å². The summed E-state index contributed by atoms with van der Waals surface area (Å²) in [6, 6.07) is 36.1. The third kappa shape index (κ3) is 3.52. The highest BCUT2D eigenvalue weighted by Gasteiger charge is 2.25. The number of allylic oxidation sites excluding steroid dienone is 1. The van der Waals surface area contributed by atoms with Gasteiger partial charge in [0, 0.05) is 20.1 Å². The molecular weight excluding hydrogens is 499 g/mol. The van der Waals surface area contributed by atoms with Gasteiger partial charge in [-0.2, -0.15) is 5.26 Å². The van der Waals surface area contributed by atoms with Crippen LogP contribution in [0.1, 0.15) is 9.88 Å². The van der Waals surface area contributed by atoms with Gasteiger partial charge in [0.2, 0.25) is 0 Å². The molecule has 2 aromatic heterocycles. The van der Waals surface area contributed by atoms with Crippen LogP contribution in [0.15, 0.2) is 107 Å². The summed E-state index contributed by atoms with van der Waals surface area (Å²) in [7, 11) is 0. The molecule has 1 aliphatic rings. The molecule has 4 aromatic carbocycles. The maximum absolute atomic E-state index is 10.0. The van der Waals surface area contributed by atoms with E-state index in [4.69, 9.17) is 4.98 Å². The zero-order valence-electron chi connectivity index (χ0n) is 18.9. The average molecular weight is 516 g/mol. The summed E-state index contributed by atoms with van der Waals surface area (Å²) in [6.07, 6.45) is 1.96. The summed E-state index contributed by atoms with van der Waals surface area (Å²) < 4.78 is 1.09. The molecule has 3 heterocycles. The lowest BCUT2D eigenvalue weighted by Crippen LogP contribution is -2.13. The van der Waals surface area contributed by atoms with Crippen molar-refractivity contribution in [1.29, 1.82) is 5.26 Å². The number of rotatable bonds is 3. The first-order valence-corrected chi connectivity index (χ1v) is 13.9. The Morgan fingerprint density at radius 3 is 2.28 bits per heavy atom. The highest BCUT2D eigenvalue weighted by Crippen LogP contribution is 2.52. The molecule has 3 nitrogen and oxygen atoms in total. The number of para-hydroxylation sites is 2. The van der Waals surface area contributed by atoms with E-state index in [1.165, 1.54) is 21.2 Å². The SMILES string of the molecule is N#C/C(=C\c1ccc(N2c3ccccc3Sc3ccccc32)s1)c1nc2c(ccc3ccccc32)s1. The van der Waals surface area contributed by atoms with Crippen LogP contribution in [0.25, 0.3) is 32.6 Å². The number of nitriles is 1. The lowest BCUT2D eigenvalue weighted by atomic mass is 10.1. The molecule has 0 amide bonds. The molecule has 0 bridgehead atoms. The van der Waals surface area contributed by atoms with E-state index in [2.05, 4.69) is 95.9 Å².